The quantitative estimate of drug-likeness (QED) is 0.297. The molecule has 22 heavy (non-hydrogen) atoms. The van der Waals surface area contributed by atoms with Crippen molar-refractivity contribution < 1.29 is 35.6 Å². The monoisotopic (exact) mass is 316 g/mol. The first kappa shape index (κ1) is 17.1. The molecule has 0 saturated carbocycles. The van der Waals surface area contributed by atoms with Crippen LogP contribution >= 0.6 is 0 Å². The Bertz CT molecular complexity index is 513. The molecule has 1 unspecified atom stereocenters. The van der Waals surface area contributed by atoms with Gasteiger partial charge in [0.25, 0.3) is 0 Å². The SMILES string of the molecule is Cc1cc([NH+]([O-])O)ccc1N[C@H]1O[C@H]([C@@H](O)CO)[C@H](O)[C@H]1O. The van der Waals surface area contributed by atoms with Gasteiger partial charge in [0.05, 0.1) is 6.61 Å². The topological polar surface area (TPSA) is 150 Å². The van der Waals surface area contributed by atoms with Crippen molar-refractivity contribution in [3.8, 4) is 0 Å². The fraction of sp³-hybridized carbons (Fsp3) is 0.538. The lowest BCUT2D eigenvalue weighted by Crippen LogP contribution is -2.99. The number of hydrogen-bond acceptors (Lipinski definition) is 8. The Balaban J connectivity index is 2.11. The highest BCUT2D eigenvalue weighted by atomic mass is 16.8. The number of hydrogen-bond donors (Lipinski definition) is 7. The Hall–Kier alpha value is -1.30. The second-order valence-electron chi connectivity index (χ2n) is 5.23. The highest BCUT2D eigenvalue weighted by Gasteiger charge is 2.45. The van der Waals surface area contributed by atoms with Crippen LogP contribution in [-0.2, 0) is 4.74 Å². The van der Waals surface area contributed by atoms with E-state index in [4.69, 9.17) is 15.1 Å². The van der Waals surface area contributed by atoms with Gasteiger partial charge >= 0.3 is 0 Å². The largest absolute Gasteiger partial charge is 0.595 e. The summed E-state index contributed by atoms with van der Waals surface area (Å²) < 4.78 is 5.34. The zero-order chi connectivity index (χ0) is 16.4. The summed E-state index contributed by atoms with van der Waals surface area (Å²) in [5, 5.41) is 59.8. The summed E-state index contributed by atoms with van der Waals surface area (Å²) in [4.78, 5) is 0. The van der Waals surface area contributed by atoms with Crippen LogP contribution in [-0.4, -0.2) is 62.9 Å². The molecule has 2 rings (SSSR count). The van der Waals surface area contributed by atoms with Gasteiger partial charge in [0, 0.05) is 17.8 Å². The van der Waals surface area contributed by atoms with Gasteiger partial charge in [-0.25, -0.2) is 5.21 Å². The van der Waals surface area contributed by atoms with E-state index in [0.717, 1.165) is 0 Å². The second-order valence-corrected chi connectivity index (χ2v) is 5.23. The van der Waals surface area contributed by atoms with Gasteiger partial charge in [-0.3, -0.25) is 0 Å². The maximum atomic E-state index is 10.9. The number of anilines is 1. The molecule has 1 aliphatic rings. The van der Waals surface area contributed by atoms with Gasteiger partial charge in [0.15, 0.2) is 11.9 Å². The predicted molar refractivity (Wildman–Crippen MR) is 74.3 cm³/mol. The van der Waals surface area contributed by atoms with E-state index >= 15 is 0 Å². The minimum absolute atomic E-state index is 0.129. The normalized spacial score (nSPS) is 31.0. The van der Waals surface area contributed by atoms with Gasteiger partial charge in [-0.05, 0) is 18.6 Å². The lowest BCUT2D eigenvalue weighted by Gasteiger charge is -2.21. The Kier molecular flexibility index (Phi) is 5.32. The molecular formula is C13H20N2O7. The molecule has 7 N–H and O–H groups in total. The van der Waals surface area contributed by atoms with Crippen LogP contribution in [0.4, 0.5) is 11.4 Å². The first-order chi connectivity index (χ1) is 10.3. The van der Waals surface area contributed by atoms with E-state index in [-0.39, 0.29) is 5.69 Å². The Morgan fingerprint density at radius 2 is 2.05 bits per heavy atom. The molecule has 0 radical (unpaired) electrons. The lowest BCUT2D eigenvalue weighted by atomic mass is 10.1. The van der Waals surface area contributed by atoms with Crippen molar-refractivity contribution in [2.45, 2.75) is 37.6 Å². The maximum Gasteiger partial charge on any atom is 0.164 e. The van der Waals surface area contributed by atoms with E-state index in [2.05, 4.69) is 5.32 Å². The number of aryl methyl sites for hydroxylation is 1. The molecule has 1 saturated heterocycles. The van der Waals surface area contributed by atoms with Gasteiger partial charge < -0.3 is 35.7 Å². The molecule has 0 aliphatic carbocycles. The van der Waals surface area contributed by atoms with Crippen LogP contribution < -0.4 is 10.5 Å². The Labute approximate surface area is 126 Å². The summed E-state index contributed by atoms with van der Waals surface area (Å²) in [5.74, 6) is 0. The molecule has 0 aromatic heterocycles. The van der Waals surface area contributed by atoms with Crippen molar-refractivity contribution in [2.75, 3.05) is 11.9 Å². The molecule has 1 aromatic carbocycles. The number of nitrogens with one attached hydrogen (secondary N) is 2. The smallest absolute Gasteiger partial charge is 0.164 e. The number of ether oxygens (including phenoxy) is 1. The van der Waals surface area contributed by atoms with Crippen molar-refractivity contribution in [3.05, 3.63) is 29.0 Å². The fourth-order valence-electron chi connectivity index (χ4n) is 2.36. The first-order valence-electron chi connectivity index (χ1n) is 6.76. The average Bonchev–Trinajstić information content (AvgIpc) is 2.76. The minimum Gasteiger partial charge on any atom is -0.595 e. The van der Waals surface area contributed by atoms with Crippen LogP contribution in [0.5, 0.6) is 0 Å². The van der Waals surface area contributed by atoms with Crippen molar-refractivity contribution in [3.63, 3.8) is 0 Å². The first-order valence-corrected chi connectivity index (χ1v) is 6.76. The van der Waals surface area contributed by atoms with Crippen LogP contribution in [0.2, 0.25) is 0 Å². The number of aliphatic hydroxyl groups excluding tert-OH is 4. The standard InChI is InChI=1S/C13H20N2O7/c1-6-4-7(15(20)21)2-3-8(6)14-13-11(19)10(18)12(22-13)9(17)5-16/h2-4,9-20H,5H2,1H3/t9-,10+,11+,12+,13-/m0/s1. The van der Waals surface area contributed by atoms with Gasteiger partial charge in [0.1, 0.15) is 24.4 Å². The maximum absolute atomic E-state index is 10.9. The molecule has 6 atom stereocenters. The van der Waals surface area contributed by atoms with E-state index in [0.29, 0.717) is 11.3 Å². The molecule has 0 amide bonds. The van der Waals surface area contributed by atoms with Gasteiger partial charge in [-0.1, -0.05) is 0 Å². The number of benzene rings is 1. The van der Waals surface area contributed by atoms with Crippen LogP contribution in [0.3, 0.4) is 0 Å². The van der Waals surface area contributed by atoms with E-state index in [1.165, 1.54) is 18.2 Å². The highest BCUT2D eigenvalue weighted by molar-refractivity contribution is 5.55. The van der Waals surface area contributed by atoms with E-state index in [1.807, 2.05) is 0 Å². The molecule has 1 fully saturated rings. The molecular weight excluding hydrogens is 296 g/mol. The molecule has 0 bridgehead atoms. The van der Waals surface area contributed by atoms with Gasteiger partial charge in [0.2, 0.25) is 0 Å². The van der Waals surface area contributed by atoms with Crippen molar-refractivity contribution in [2.24, 2.45) is 0 Å². The number of aliphatic hydroxyl groups is 4. The summed E-state index contributed by atoms with van der Waals surface area (Å²) >= 11 is 0. The van der Waals surface area contributed by atoms with Gasteiger partial charge in [-0.15, -0.1) is 0 Å². The Morgan fingerprint density at radius 1 is 1.36 bits per heavy atom. The van der Waals surface area contributed by atoms with Crippen LogP contribution in [0.25, 0.3) is 0 Å². The minimum atomic E-state index is -1.35. The van der Waals surface area contributed by atoms with E-state index < -0.39 is 42.5 Å². The molecule has 0 spiro atoms. The third-order valence-corrected chi connectivity index (χ3v) is 3.64. The van der Waals surface area contributed by atoms with Gasteiger partial charge in [-0.2, -0.15) is 5.23 Å². The molecule has 1 aromatic rings. The number of rotatable bonds is 5. The summed E-state index contributed by atoms with van der Waals surface area (Å²) in [6.45, 7) is 1.08. The second kappa shape index (κ2) is 6.86. The Morgan fingerprint density at radius 3 is 2.59 bits per heavy atom. The highest BCUT2D eigenvalue weighted by Crippen LogP contribution is 2.27. The summed E-state index contributed by atoms with van der Waals surface area (Å²) in [6.07, 6.45) is -6.07. The summed E-state index contributed by atoms with van der Waals surface area (Å²) in [6, 6.07) is 4.38. The molecule has 9 heteroatoms. The molecule has 1 aliphatic heterocycles. The van der Waals surface area contributed by atoms with Crippen LogP contribution in [0, 0.1) is 12.1 Å². The average molecular weight is 316 g/mol. The van der Waals surface area contributed by atoms with E-state index in [1.54, 1.807) is 6.92 Å². The van der Waals surface area contributed by atoms with Crippen LogP contribution in [0.1, 0.15) is 5.56 Å². The zero-order valence-electron chi connectivity index (χ0n) is 11.9. The molecule has 9 nitrogen and oxygen atoms in total. The fourth-order valence-corrected chi connectivity index (χ4v) is 2.36. The van der Waals surface area contributed by atoms with Crippen molar-refractivity contribution in [1.82, 2.24) is 0 Å². The lowest BCUT2D eigenvalue weighted by molar-refractivity contribution is -0.991. The summed E-state index contributed by atoms with van der Waals surface area (Å²) in [7, 11) is 0. The van der Waals surface area contributed by atoms with Crippen molar-refractivity contribution in [1.29, 1.82) is 0 Å². The molecule has 1 heterocycles. The third kappa shape index (κ3) is 3.37. The van der Waals surface area contributed by atoms with Crippen molar-refractivity contribution >= 4 is 11.4 Å². The van der Waals surface area contributed by atoms with Crippen LogP contribution in [0.15, 0.2) is 18.2 Å². The predicted octanol–water partition coefficient (Wildman–Crippen LogP) is -2.39. The third-order valence-electron chi connectivity index (χ3n) is 3.64. The van der Waals surface area contributed by atoms with E-state index in [9.17, 15) is 20.5 Å². The number of quaternary nitrogens is 1. The molecule has 124 valence electrons. The summed E-state index contributed by atoms with van der Waals surface area (Å²) in [5.41, 5.74) is 1.28. The zero-order valence-corrected chi connectivity index (χ0v) is 11.9.